The molecule has 2 rings (SSSR count). The highest BCUT2D eigenvalue weighted by Crippen LogP contribution is 2.22. The van der Waals surface area contributed by atoms with Gasteiger partial charge in [0.25, 0.3) is 0 Å². The highest BCUT2D eigenvalue weighted by Gasteiger charge is 2.23. The van der Waals surface area contributed by atoms with Crippen LogP contribution in [0.3, 0.4) is 0 Å². The molecule has 1 aliphatic carbocycles. The van der Waals surface area contributed by atoms with Gasteiger partial charge in [0.05, 0.1) is 17.7 Å². The molecular formula is C22H32O4. The average molecular weight is 360 g/mol. The van der Waals surface area contributed by atoms with Crippen molar-refractivity contribution in [3.63, 3.8) is 0 Å². The monoisotopic (exact) mass is 360 g/mol. The minimum atomic E-state index is -0.434. The summed E-state index contributed by atoms with van der Waals surface area (Å²) in [6, 6.07) is 6.80. The van der Waals surface area contributed by atoms with Gasteiger partial charge in [-0.3, -0.25) is 0 Å². The van der Waals surface area contributed by atoms with Crippen molar-refractivity contribution in [3.05, 3.63) is 35.4 Å². The standard InChI is InChI=1S/C22H32O4/c1-3-5-11-17(4-2)16-25-21(23)19-14-9-10-15-20(19)22(24)26-18-12-7-6-8-13-18/h9-10,14-15,17-18H,3-8,11-13,16H2,1-2H3. The van der Waals surface area contributed by atoms with Crippen LogP contribution < -0.4 is 0 Å². The molecule has 1 unspecified atom stereocenters. The van der Waals surface area contributed by atoms with Gasteiger partial charge in [-0.15, -0.1) is 0 Å². The Morgan fingerprint density at radius 3 is 2.31 bits per heavy atom. The third-order valence-corrected chi connectivity index (χ3v) is 5.19. The Labute approximate surface area is 157 Å². The van der Waals surface area contributed by atoms with Crippen LogP contribution in [0.15, 0.2) is 24.3 Å². The molecule has 4 nitrogen and oxygen atoms in total. The van der Waals surface area contributed by atoms with E-state index in [4.69, 9.17) is 9.47 Å². The fourth-order valence-corrected chi connectivity index (χ4v) is 3.41. The summed E-state index contributed by atoms with van der Waals surface area (Å²) in [5.74, 6) is -0.473. The number of rotatable bonds is 9. The number of benzene rings is 1. The van der Waals surface area contributed by atoms with E-state index in [1.54, 1.807) is 24.3 Å². The van der Waals surface area contributed by atoms with E-state index in [0.717, 1.165) is 51.4 Å². The number of unbranched alkanes of at least 4 members (excludes halogenated alkanes) is 1. The Morgan fingerprint density at radius 1 is 1.04 bits per heavy atom. The first-order valence-electron chi connectivity index (χ1n) is 10.1. The molecule has 1 aromatic rings. The average Bonchev–Trinajstić information content (AvgIpc) is 2.68. The first-order chi connectivity index (χ1) is 12.7. The smallest absolute Gasteiger partial charge is 0.339 e. The quantitative estimate of drug-likeness (QED) is 0.542. The van der Waals surface area contributed by atoms with Crippen LogP contribution in [-0.2, 0) is 9.47 Å². The van der Waals surface area contributed by atoms with Crippen molar-refractivity contribution in [3.8, 4) is 0 Å². The summed E-state index contributed by atoms with van der Waals surface area (Å²) in [5, 5.41) is 0. The number of ether oxygens (including phenoxy) is 2. The first kappa shape index (κ1) is 20.5. The fourth-order valence-electron chi connectivity index (χ4n) is 3.41. The highest BCUT2D eigenvalue weighted by atomic mass is 16.5. The van der Waals surface area contributed by atoms with Crippen LogP contribution in [-0.4, -0.2) is 24.6 Å². The van der Waals surface area contributed by atoms with Gasteiger partial charge in [-0.25, -0.2) is 9.59 Å². The molecule has 144 valence electrons. The van der Waals surface area contributed by atoms with E-state index in [1.165, 1.54) is 6.42 Å². The molecule has 0 aromatic heterocycles. The molecular weight excluding hydrogens is 328 g/mol. The molecule has 0 radical (unpaired) electrons. The van der Waals surface area contributed by atoms with Crippen LogP contribution in [0.25, 0.3) is 0 Å². The third kappa shape index (κ3) is 6.15. The fraction of sp³-hybridized carbons (Fsp3) is 0.636. The second-order valence-electron chi connectivity index (χ2n) is 7.23. The van der Waals surface area contributed by atoms with Crippen molar-refractivity contribution in [1.29, 1.82) is 0 Å². The van der Waals surface area contributed by atoms with Gasteiger partial charge < -0.3 is 9.47 Å². The topological polar surface area (TPSA) is 52.6 Å². The Bertz CT molecular complexity index is 575. The second kappa shape index (κ2) is 11.0. The minimum Gasteiger partial charge on any atom is -0.462 e. The van der Waals surface area contributed by atoms with Crippen molar-refractivity contribution in [1.82, 2.24) is 0 Å². The predicted molar refractivity (Wildman–Crippen MR) is 102 cm³/mol. The molecule has 0 heterocycles. The maximum absolute atomic E-state index is 12.5. The van der Waals surface area contributed by atoms with Crippen molar-refractivity contribution < 1.29 is 19.1 Å². The zero-order chi connectivity index (χ0) is 18.8. The van der Waals surface area contributed by atoms with Crippen LogP contribution >= 0.6 is 0 Å². The molecule has 0 N–H and O–H groups in total. The summed E-state index contributed by atoms with van der Waals surface area (Å²) >= 11 is 0. The van der Waals surface area contributed by atoms with Gasteiger partial charge in [-0.2, -0.15) is 0 Å². The van der Waals surface area contributed by atoms with Crippen LogP contribution in [0.5, 0.6) is 0 Å². The maximum atomic E-state index is 12.5. The lowest BCUT2D eigenvalue weighted by atomic mass is 9.97. The summed E-state index contributed by atoms with van der Waals surface area (Å²) in [6.07, 6.45) is 9.51. The van der Waals surface area contributed by atoms with E-state index >= 15 is 0 Å². The van der Waals surface area contributed by atoms with Crippen LogP contribution in [0.1, 0.15) is 92.4 Å². The van der Waals surface area contributed by atoms with Crippen molar-refractivity contribution in [2.75, 3.05) is 6.61 Å². The molecule has 1 aliphatic rings. The predicted octanol–water partition coefficient (Wildman–Crippen LogP) is 5.55. The molecule has 1 saturated carbocycles. The first-order valence-corrected chi connectivity index (χ1v) is 10.1. The molecule has 4 heteroatoms. The van der Waals surface area contributed by atoms with Gasteiger partial charge >= 0.3 is 11.9 Å². The lowest BCUT2D eigenvalue weighted by molar-refractivity contribution is 0.0201. The number of carbonyl (C=O) groups excluding carboxylic acids is 2. The molecule has 0 aliphatic heterocycles. The van der Waals surface area contributed by atoms with Gasteiger partial charge in [0.2, 0.25) is 0 Å². The summed E-state index contributed by atoms with van der Waals surface area (Å²) in [6.45, 7) is 4.68. The van der Waals surface area contributed by atoms with E-state index in [2.05, 4.69) is 13.8 Å². The molecule has 1 fully saturated rings. The molecule has 1 aromatic carbocycles. The lowest BCUT2D eigenvalue weighted by Gasteiger charge is -2.22. The molecule has 0 saturated heterocycles. The van der Waals surface area contributed by atoms with Gasteiger partial charge in [0.15, 0.2) is 0 Å². The van der Waals surface area contributed by atoms with Crippen LogP contribution in [0.2, 0.25) is 0 Å². The van der Waals surface area contributed by atoms with Crippen LogP contribution in [0, 0.1) is 5.92 Å². The number of hydrogen-bond donors (Lipinski definition) is 0. The third-order valence-electron chi connectivity index (χ3n) is 5.19. The summed E-state index contributed by atoms with van der Waals surface area (Å²) < 4.78 is 11.1. The number of hydrogen-bond acceptors (Lipinski definition) is 4. The van der Waals surface area contributed by atoms with E-state index in [9.17, 15) is 9.59 Å². The van der Waals surface area contributed by atoms with E-state index < -0.39 is 11.9 Å². The Morgan fingerprint density at radius 2 is 1.69 bits per heavy atom. The molecule has 1 atom stereocenters. The van der Waals surface area contributed by atoms with Crippen molar-refractivity contribution >= 4 is 11.9 Å². The Balaban J connectivity index is 1.97. The van der Waals surface area contributed by atoms with E-state index in [-0.39, 0.29) is 6.10 Å². The van der Waals surface area contributed by atoms with E-state index in [1.807, 2.05) is 0 Å². The molecule has 26 heavy (non-hydrogen) atoms. The SMILES string of the molecule is CCCCC(CC)COC(=O)c1ccccc1C(=O)OC1CCCCC1. The molecule has 0 spiro atoms. The zero-order valence-corrected chi connectivity index (χ0v) is 16.2. The summed E-state index contributed by atoms with van der Waals surface area (Å²) in [5.41, 5.74) is 0.614. The van der Waals surface area contributed by atoms with Crippen molar-refractivity contribution in [2.45, 2.75) is 77.7 Å². The summed E-state index contributed by atoms with van der Waals surface area (Å²) in [7, 11) is 0. The molecule has 0 bridgehead atoms. The Kier molecular flexibility index (Phi) is 8.66. The van der Waals surface area contributed by atoms with Crippen molar-refractivity contribution in [2.24, 2.45) is 5.92 Å². The van der Waals surface area contributed by atoms with Crippen LogP contribution in [0.4, 0.5) is 0 Å². The van der Waals surface area contributed by atoms with Gasteiger partial charge in [-0.05, 0) is 50.2 Å². The van der Waals surface area contributed by atoms with Gasteiger partial charge in [0, 0.05) is 0 Å². The number of esters is 2. The Hall–Kier alpha value is -1.84. The highest BCUT2D eigenvalue weighted by molar-refractivity contribution is 6.03. The minimum absolute atomic E-state index is 0.0288. The summed E-state index contributed by atoms with van der Waals surface area (Å²) in [4.78, 5) is 25.1. The second-order valence-corrected chi connectivity index (χ2v) is 7.23. The normalized spacial score (nSPS) is 16.1. The lowest BCUT2D eigenvalue weighted by Crippen LogP contribution is -2.23. The number of carbonyl (C=O) groups is 2. The maximum Gasteiger partial charge on any atom is 0.339 e. The van der Waals surface area contributed by atoms with Gasteiger partial charge in [0.1, 0.15) is 6.10 Å². The zero-order valence-electron chi connectivity index (χ0n) is 16.2. The molecule has 0 amide bonds. The van der Waals surface area contributed by atoms with Gasteiger partial charge in [-0.1, -0.05) is 51.7 Å². The van der Waals surface area contributed by atoms with E-state index in [0.29, 0.717) is 23.7 Å². The largest absolute Gasteiger partial charge is 0.462 e.